The van der Waals surface area contributed by atoms with Crippen molar-refractivity contribution in [3.8, 4) is 11.5 Å². The quantitative estimate of drug-likeness (QED) is 0.120. The summed E-state index contributed by atoms with van der Waals surface area (Å²) >= 11 is 2.08. The molecule has 0 saturated carbocycles. The van der Waals surface area contributed by atoms with Gasteiger partial charge in [-0.2, -0.15) is 5.10 Å². The number of nitro benzene ring substituents is 1. The molecule has 8 nitrogen and oxygen atoms in total. The van der Waals surface area contributed by atoms with Crippen molar-refractivity contribution in [1.82, 2.24) is 0 Å². The molecule has 0 aliphatic heterocycles. The lowest BCUT2D eigenvalue weighted by molar-refractivity contribution is -0.384. The number of anilines is 1. The minimum atomic E-state index is -0.473. The molecule has 0 amide bonds. The molecule has 9 heteroatoms. The SMILES string of the molecule is COc1cc(C=NNc2ccc([N+](=O)[O-])cc2)ccc1OC(=O)c1ccccc1I. The van der Waals surface area contributed by atoms with E-state index in [4.69, 9.17) is 9.47 Å². The van der Waals surface area contributed by atoms with Gasteiger partial charge in [0, 0.05) is 15.7 Å². The summed E-state index contributed by atoms with van der Waals surface area (Å²) in [4.78, 5) is 22.6. The van der Waals surface area contributed by atoms with E-state index in [9.17, 15) is 14.9 Å². The minimum absolute atomic E-state index is 0.00425. The van der Waals surface area contributed by atoms with Gasteiger partial charge in [-0.1, -0.05) is 12.1 Å². The molecule has 0 unspecified atom stereocenters. The molecular weight excluding hydrogens is 501 g/mol. The number of nitrogens with one attached hydrogen (secondary N) is 1. The van der Waals surface area contributed by atoms with Crippen LogP contribution in [0.5, 0.6) is 11.5 Å². The lowest BCUT2D eigenvalue weighted by atomic mass is 10.2. The van der Waals surface area contributed by atoms with Gasteiger partial charge >= 0.3 is 5.97 Å². The van der Waals surface area contributed by atoms with Gasteiger partial charge in [0.05, 0.1) is 29.5 Å². The summed E-state index contributed by atoms with van der Waals surface area (Å²) < 4.78 is 11.6. The van der Waals surface area contributed by atoms with E-state index in [0.717, 1.165) is 3.57 Å². The largest absolute Gasteiger partial charge is 0.493 e. The molecule has 0 spiro atoms. The van der Waals surface area contributed by atoms with Gasteiger partial charge in [0.1, 0.15) is 0 Å². The fourth-order valence-corrected chi connectivity index (χ4v) is 3.08. The Morgan fingerprint density at radius 2 is 1.83 bits per heavy atom. The number of methoxy groups -OCH3 is 1. The van der Waals surface area contributed by atoms with Gasteiger partial charge in [-0.25, -0.2) is 4.79 Å². The zero-order chi connectivity index (χ0) is 21.5. The Hall–Kier alpha value is -3.47. The molecule has 0 heterocycles. The van der Waals surface area contributed by atoms with E-state index in [1.807, 2.05) is 12.1 Å². The van der Waals surface area contributed by atoms with Crippen molar-refractivity contribution in [2.24, 2.45) is 5.10 Å². The van der Waals surface area contributed by atoms with Gasteiger partial charge < -0.3 is 9.47 Å². The standard InChI is InChI=1S/C21H16IN3O5/c1-29-20-12-14(13-23-24-15-7-9-16(10-8-15)25(27)28)6-11-19(20)30-21(26)17-4-2-3-5-18(17)22/h2-13,24H,1H3. The van der Waals surface area contributed by atoms with Gasteiger partial charge in [0.2, 0.25) is 0 Å². The lowest BCUT2D eigenvalue weighted by Crippen LogP contribution is -2.11. The van der Waals surface area contributed by atoms with Crippen LogP contribution in [-0.4, -0.2) is 24.2 Å². The fraction of sp³-hybridized carbons (Fsp3) is 0.0476. The number of ether oxygens (including phenoxy) is 2. The molecule has 0 bridgehead atoms. The minimum Gasteiger partial charge on any atom is -0.493 e. The van der Waals surface area contributed by atoms with Crippen molar-refractivity contribution < 1.29 is 19.2 Å². The van der Waals surface area contributed by atoms with Crippen LogP contribution in [-0.2, 0) is 0 Å². The predicted molar refractivity (Wildman–Crippen MR) is 121 cm³/mol. The monoisotopic (exact) mass is 517 g/mol. The molecule has 3 rings (SSSR count). The number of nitro groups is 1. The Balaban J connectivity index is 1.69. The molecule has 0 aromatic heterocycles. The van der Waals surface area contributed by atoms with Crippen molar-refractivity contribution in [2.45, 2.75) is 0 Å². The van der Waals surface area contributed by atoms with Crippen molar-refractivity contribution >= 4 is 46.1 Å². The number of carbonyl (C=O) groups excluding carboxylic acids is 1. The third kappa shape index (κ3) is 5.32. The third-order valence-electron chi connectivity index (χ3n) is 3.97. The van der Waals surface area contributed by atoms with Crippen LogP contribution < -0.4 is 14.9 Å². The number of nitrogens with zero attached hydrogens (tertiary/aromatic N) is 2. The second-order valence-electron chi connectivity index (χ2n) is 5.95. The highest BCUT2D eigenvalue weighted by Gasteiger charge is 2.15. The number of non-ortho nitro benzene ring substituents is 1. The fourth-order valence-electron chi connectivity index (χ4n) is 2.47. The Kier molecular flexibility index (Phi) is 6.96. The first kappa shape index (κ1) is 21.2. The van der Waals surface area contributed by atoms with Crippen LogP contribution in [0.3, 0.4) is 0 Å². The number of halogens is 1. The number of hydrogen-bond acceptors (Lipinski definition) is 7. The highest BCUT2D eigenvalue weighted by Crippen LogP contribution is 2.29. The molecule has 0 aliphatic rings. The first-order valence-corrected chi connectivity index (χ1v) is 9.74. The van der Waals surface area contributed by atoms with Crippen molar-refractivity contribution in [3.63, 3.8) is 0 Å². The van der Waals surface area contributed by atoms with Gasteiger partial charge in [0.25, 0.3) is 5.69 Å². The van der Waals surface area contributed by atoms with Gasteiger partial charge in [-0.3, -0.25) is 15.5 Å². The van der Waals surface area contributed by atoms with Crippen LogP contribution in [0.25, 0.3) is 0 Å². The zero-order valence-electron chi connectivity index (χ0n) is 15.7. The maximum Gasteiger partial charge on any atom is 0.344 e. The van der Waals surface area contributed by atoms with E-state index < -0.39 is 10.9 Å². The normalized spacial score (nSPS) is 10.6. The van der Waals surface area contributed by atoms with Gasteiger partial charge in [-0.15, -0.1) is 0 Å². The molecule has 0 aliphatic carbocycles. The number of benzene rings is 3. The number of hydrogen-bond donors (Lipinski definition) is 1. The van der Waals surface area contributed by atoms with Crippen LogP contribution in [0.1, 0.15) is 15.9 Å². The van der Waals surface area contributed by atoms with Crippen LogP contribution >= 0.6 is 22.6 Å². The van der Waals surface area contributed by atoms with Crippen LogP contribution in [0.2, 0.25) is 0 Å². The van der Waals surface area contributed by atoms with E-state index in [1.54, 1.807) is 48.7 Å². The van der Waals surface area contributed by atoms with E-state index in [0.29, 0.717) is 28.3 Å². The van der Waals surface area contributed by atoms with Crippen LogP contribution in [0.4, 0.5) is 11.4 Å². The average Bonchev–Trinajstić information content (AvgIpc) is 2.75. The van der Waals surface area contributed by atoms with Crippen LogP contribution in [0, 0.1) is 13.7 Å². The molecule has 0 saturated heterocycles. The van der Waals surface area contributed by atoms with Crippen molar-refractivity contribution in [3.05, 3.63) is 91.5 Å². The Morgan fingerprint density at radius 3 is 2.50 bits per heavy atom. The number of rotatable bonds is 7. The van der Waals surface area contributed by atoms with Crippen molar-refractivity contribution in [1.29, 1.82) is 0 Å². The second-order valence-corrected chi connectivity index (χ2v) is 7.12. The van der Waals surface area contributed by atoms with E-state index in [1.165, 1.54) is 19.2 Å². The highest BCUT2D eigenvalue weighted by molar-refractivity contribution is 14.1. The first-order valence-electron chi connectivity index (χ1n) is 8.66. The maximum absolute atomic E-state index is 12.4. The molecule has 0 fully saturated rings. The number of hydrazone groups is 1. The predicted octanol–water partition coefficient (Wildman–Crippen LogP) is 4.87. The Morgan fingerprint density at radius 1 is 1.10 bits per heavy atom. The van der Waals surface area contributed by atoms with Crippen molar-refractivity contribution in [2.75, 3.05) is 12.5 Å². The molecule has 3 aromatic rings. The summed E-state index contributed by atoms with van der Waals surface area (Å²) in [7, 11) is 1.48. The van der Waals surface area contributed by atoms with E-state index >= 15 is 0 Å². The van der Waals surface area contributed by atoms with E-state index in [-0.39, 0.29) is 5.69 Å². The summed E-state index contributed by atoms with van der Waals surface area (Å²) in [5.74, 6) is 0.204. The molecule has 152 valence electrons. The lowest BCUT2D eigenvalue weighted by Gasteiger charge is -2.10. The Labute approximate surface area is 185 Å². The van der Waals surface area contributed by atoms with Gasteiger partial charge in [0.15, 0.2) is 11.5 Å². The number of carbonyl (C=O) groups is 1. The summed E-state index contributed by atoms with van der Waals surface area (Å²) in [6.45, 7) is 0. The third-order valence-corrected chi connectivity index (χ3v) is 4.91. The molecule has 0 radical (unpaired) electrons. The summed E-state index contributed by atoms with van der Waals surface area (Å²) in [6, 6.07) is 18.1. The summed E-state index contributed by atoms with van der Waals surface area (Å²) in [5.41, 5.74) is 4.57. The average molecular weight is 517 g/mol. The van der Waals surface area contributed by atoms with E-state index in [2.05, 4.69) is 33.1 Å². The smallest absolute Gasteiger partial charge is 0.344 e. The van der Waals surface area contributed by atoms with Crippen LogP contribution in [0.15, 0.2) is 71.8 Å². The molecule has 30 heavy (non-hydrogen) atoms. The molecule has 0 atom stereocenters. The topological polar surface area (TPSA) is 103 Å². The highest BCUT2D eigenvalue weighted by atomic mass is 127. The molecule has 1 N–H and O–H groups in total. The number of esters is 1. The molecular formula is C21H16IN3O5. The second kappa shape index (κ2) is 9.83. The summed E-state index contributed by atoms with van der Waals surface area (Å²) in [5, 5.41) is 14.8. The summed E-state index contributed by atoms with van der Waals surface area (Å²) in [6.07, 6.45) is 1.55. The maximum atomic E-state index is 12.4. The zero-order valence-corrected chi connectivity index (χ0v) is 17.9. The Bertz CT molecular complexity index is 1100. The first-order chi connectivity index (χ1) is 14.5. The van der Waals surface area contributed by atoms with Gasteiger partial charge in [-0.05, 0) is 70.6 Å². The molecule has 3 aromatic carbocycles.